The van der Waals surface area contributed by atoms with Gasteiger partial charge in [0.25, 0.3) is 0 Å². The van der Waals surface area contributed by atoms with E-state index in [2.05, 4.69) is 0 Å². The number of hydrogen-bond donors (Lipinski definition) is 2. The highest BCUT2D eigenvalue weighted by Crippen LogP contribution is 2.37. The highest BCUT2D eigenvalue weighted by atomic mass is 16.3. The smallest absolute Gasteiger partial charge is 0.0966 e. The van der Waals surface area contributed by atoms with Crippen LogP contribution < -0.4 is 5.73 Å². The summed E-state index contributed by atoms with van der Waals surface area (Å²) in [6.07, 6.45) is 6.85. The van der Waals surface area contributed by atoms with E-state index in [0.29, 0.717) is 13.0 Å². The maximum Gasteiger partial charge on any atom is 0.0966 e. The molecule has 1 atom stereocenters. The molecular weight excluding hydrogens is 166 g/mol. The van der Waals surface area contributed by atoms with Gasteiger partial charge >= 0.3 is 0 Å². The van der Waals surface area contributed by atoms with E-state index in [9.17, 15) is 5.11 Å². The fourth-order valence-electron chi connectivity index (χ4n) is 2.13. The molecule has 1 aliphatic carbocycles. The van der Waals surface area contributed by atoms with Crippen LogP contribution in [-0.2, 0) is 12.0 Å². The number of aryl methyl sites for hydroxylation is 1. The highest BCUT2D eigenvalue weighted by molar-refractivity contribution is 5.30. The fourth-order valence-corrected chi connectivity index (χ4v) is 2.13. The van der Waals surface area contributed by atoms with Crippen LogP contribution in [0.3, 0.4) is 0 Å². The van der Waals surface area contributed by atoms with Crippen LogP contribution in [0.1, 0.15) is 30.4 Å². The number of aliphatic hydroxyl groups is 1. The molecule has 1 aromatic rings. The molecule has 0 spiro atoms. The van der Waals surface area contributed by atoms with Crippen molar-refractivity contribution in [1.82, 2.24) is 0 Å². The average molecular weight is 181 g/mol. The molecule has 0 amide bonds. The fraction of sp³-hybridized carbons (Fsp3) is 0.600. The Morgan fingerprint density at radius 3 is 3.15 bits per heavy atom. The molecule has 0 saturated heterocycles. The maximum atomic E-state index is 10.3. The Balaban J connectivity index is 2.33. The molecule has 3 N–H and O–H groups in total. The summed E-state index contributed by atoms with van der Waals surface area (Å²) >= 11 is 0. The SMILES string of the molecule is NCCC1(O)CCCc2cocc21. The van der Waals surface area contributed by atoms with Gasteiger partial charge in [-0.15, -0.1) is 0 Å². The molecule has 1 unspecified atom stereocenters. The molecule has 0 fully saturated rings. The minimum atomic E-state index is -0.727. The Bertz CT molecular complexity index is 295. The molecule has 0 saturated carbocycles. The Morgan fingerprint density at radius 1 is 1.54 bits per heavy atom. The van der Waals surface area contributed by atoms with Gasteiger partial charge in [-0.05, 0) is 37.8 Å². The van der Waals surface area contributed by atoms with Gasteiger partial charge in [-0.2, -0.15) is 0 Å². The Hall–Kier alpha value is -0.800. The zero-order valence-electron chi connectivity index (χ0n) is 7.62. The molecule has 0 aliphatic heterocycles. The van der Waals surface area contributed by atoms with Gasteiger partial charge < -0.3 is 15.3 Å². The molecule has 1 aromatic heterocycles. The third kappa shape index (κ3) is 1.38. The van der Waals surface area contributed by atoms with E-state index in [-0.39, 0.29) is 0 Å². The first kappa shape index (κ1) is 8.78. The molecule has 1 heterocycles. The van der Waals surface area contributed by atoms with Gasteiger partial charge in [-0.3, -0.25) is 0 Å². The van der Waals surface area contributed by atoms with Crippen molar-refractivity contribution >= 4 is 0 Å². The summed E-state index contributed by atoms with van der Waals surface area (Å²) in [7, 11) is 0. The molecule has 0 bridgehead atoms. The summed E-state index contributed by atoms with van der Waals surface area (Å²) in [6, 6.07) is 0. The third-order valence-corrected chi connectivity index (χ3v) is 2.84. The van der Waals surface area contributed by atoms with Crippen LogP contribution in [0.5, 0.6) is 0 Å². The van der Waals surface area contributed by atoms with E-state index in [4.69, 9.17) is 10.2 Å². The average Bonchev–Trinajstić information content (AvgIpc) is 2.54. The van der Waals surface area contributed by atoms with Crippen LogP contribution >= 0.6 is 0 Å². The predicted octanol–water partition coefficient (Wildman–Crippen LogP) is 1.15. The molecule has 72 valence electrons. The van der Waals surface area contributed by atoms with Crippen molar-refractivity contribution in [1.29, 1.82) is 0 Å². The van der Waals surface area contributed by atoms with Crippen molar-refractivity contribution in [2.75, 3.05) is 6.54 Å². The first-order valence-corrected chi connectivity index (χ1v) is 4.74. The van der Waals surface area contributed by atoms with Crippen LogP contribution in [0.15, 0.2) is 16.9 Å². The summed E-state index contributed by atoms with van der Waals surface area (Å²) in [5.74, 6) is 0. The van der Waals surface area contributed by atoms with E-state index in [1.807, 2.05) is 0 Å². The van der Waals surface area contributed by atoms with Gasteiger partial charge in [0.1, 0.15) is 0 Å². The van der Waals surface area contributed by atoms with Crippen molar-refractivity contribution in [2.45, 2.75) is 31.3 Å². The molecule has 1 aliphatic rings. The summed E-state index contributed by atoms with van der Waals surface area (Å²) in [6.45, 7) is 0.515. The van der Waals surface area contributed by atoms with Gasteiger partial charge in [0, 0.05) is 5.56 Å². The quantitative estimate of drug-likeness (QED) is 0.719. The van der Waals surface area contributed by atoms with Gasteiger partial charge in [0.05, 0.1) is 18.1 Å². The zero-order valence-corrected chi connectivity index (χ0v) is 7.62. The molecule has 0 radical (unpaired) electrons. The highest BCUT2D eigenvalue weighted by Gasteiger charge is 2.34. The van der Waals surface area contributed by atoms with Crippen molar-refractivity contribution in [3.05, 3.63) is 23.7 Å². The molecule has 13 heavy (non-hydrogen) atoms. The predicted molar refractivity (Wildman–Crippen MR) is 49.2 cm³/mol. The van der Waals surface area contributed by atoms with Gasteiger partial charge in [-0.1, -0.05) is 0 Å². The van der Waals surface area contributed by atoms with Crippen molar-refractivity contribution in [3.63, 3.8) is 0 Å². The van der Waals surface area contributed by atoms with E-state index in [1.54, 1.807) is 12.5 Å². The second-order valence-electron chi connectivity index (χ2n) is 3.73. The van der Waals surface area contributed by atoms with Crippen LogP contribution in [0.2, 0.25) is 0 Å². The maximum absolute atomic E-state index is 10.3. The zero-order chi connectivity index (χ0) is 9.31. The number of fused-ring (bicyclic) bond motifs is 1. The number of nitrogens with two attached hydrogens (primary N) is 1. The molecule has 0 aromatic carbocycles. The normalized spacial score (nSPS) is 27.2. The summed E-state index contributed by atoms with van der Waals surface area (Å²) in [5.41, 5.74) is 6.84. The number of rotatable bonds is 2. The van der Waals surface area contributed by atoms with Crippen LogP contribution in [0.4, 0.5) is 0 Å². The second kappa shape index (κ2) is 3.16. The summed E-state index contributed by atoms with van der Waals surface area (Å²) in [5, 5.41) is 10.3. The minimum absolute atomic E-state index is 0.515. The van der Waals surface area contributed by atoms with E-state index >= 15 is 0 Å². The Labute approximate surface area is 77.5 Å². The first-order chi connectivity index (χ1) is 6.26. The monoisotopic (exact) mass is 181 g/mol. The van der Waals surface area contributed by atoms with Gasteiger partial charge in [0.2, 0.25) is 0 Å². The Morgan fingerprint density at radius 2 is 2.38 bits per heavy atom. The largest absolute Gasteiger partial charge is 0.472 e. The van der Waals surface area contributed by atoms with Crippen LogP contribution in [0, 0.1) is 0 Å². The number of hydrogen-bond acceptors (Lipinski definition) is 3. The molecule has 3 nitrogen and oxygen atoms in total. The lowest BCUT2D eigenvalue weighted by Crippen LogP contribution is -2.32. The van der Waals surface area contributed by atoms with E-state index in [1.165, 1.54) is 0 Å². The first-order valence-electron chi connectivity index (χ1n) is 4.74. The molecule has 3 heteroatoms. The van der Waals surface area contributed by atoms with Gasteiger partial charge in [-0.25, -0.2) is 0 Å². The lowest BCUT2D eigenvalue weighted by atomic mass is 9.79. The van der Waals surface area contributed by atoms with Crippen LogP contribution in [0.25, 0.3) is 0 Å². The minimum Gasteiger partial charge on any atom is -0.472 e. The summed E-state index contributed by atoms with van der Waals surface area (Å²) in [4.78, 5) is 0. The van der Waals surface area contributed by atoms with Crippen molar-refractivity contribution in [3.8, 4) is 0 Å². The van der Waals surface area contributed by atoms with Crippen molar-refractivity contribution < 1.29 is 9.52 Å². The van der Waals surface area contributed by atoms with Gasteiger partial charge in [0.15, 0.2) is 0 Å². The molecule has 2 rings (SSSR count). The topological polar surface area (TPSA) is 59.4 Å². The number of furan rings is 1. The van der Waals surface area contributed by atoms with Crippen molar-refractivity contribution in [2.24, 2.45) is 5.73 Å². The Kier molecular flexibility index (Phi) is 2.14. The third-order valence-electron chi connectivity index (χ3n) is 2.84. The second-order valence-corrected chi connectivity index (χ2v) is 3.73. The standard InChI is InChI=1S/C10H15NO2/c11-5-4-10(12)3-1-2-8-6-13-7-9(8)10/h6-7,12H,1-5,11H2. The lowest BCUT2D eigenvalue weighted by molar-refractivity contribution is 0.0124. The summed E-state index contributed by atoms with van der Waals surface area (Å²) < 4.78 is 5.11. The van der Waals surface area contributed by atoms with E-state index < -0.39 is 5.60 Å². The molecular formula is C10H15NO2. The van der Waals surface area contributed by atoms with E-state index in [0.717, 1.165) is 30.4 Å². The van der Waals surface area contributed by atoms with Crippen LogP contribution in [-0.4, -0.2) is 11.7 Å². The lowest BCUT2D eigenvalue weighted by Gasteiger charge is -2.31.